The predicted molar refractivity (Wildman–Crippen MR) is 80.1 cm³/mol. The van der Waals surface area contributed by atoms with Crippen LogP contribution in [0.2, 0.25) is 0 Å². The largest absolute Gasteiger partial charge is 0.327 e. The summed E-state index contributed by atoms with van der Waals surface area (Å²) in [5, 5.41) is 0. The van der Waals surface area contributed by atoms with Crippen molar-refractivity contribution in [1.29, 1.82) is 0 Å². The van der Waals surface area contributed by atoms with Crippen molar-refractivity contribution in [3.8, 4) is 0 Å². The van der Waals surface area contributed by atoms with Gasteiger partial charge >= 0.3 is 0 Å². The van der Waals surface area contributed by atoms with Gasteiger partial charge in [0.05, 0.1) is 0 Å². The van der Waals surface area contributed by atoms with Gasteiger partial charge in [0.15, 0.2) is 0 Å². The summed E-state index contributed by atoms with van der Waals surface area (Å²) in [7, 11) is 0. The van der Waals surface area contributed by atoms with Crippen LogP contribution in [0.4, 0.5) is 4.39 Å². The highest BCUT2D eigenvalue weighted by atomic mass is 19.1. The number of nitrogens with two attached hydrogens (primary N) is 1. The number of aryl methyl sites for hydroxylation is 1. The highest BCUT2D eigenvalue weighted by Gasteiger charge is 2.42. The van der Waals surface area contributed by atoms with E-state index >= 15 is 0 Å². The van der Waals surface area contributed by atoms with Gasteiger partial charge in [-0.3, -0.25) is 0 Å². The van der Waals surface area contributed by atoms with E-state index in [1.54, 1.807) is 6.07 Å². The van der Waals surface area contributed by atoms with Gasteiger partial charge < -0.3 is 5.73 Å². The molecule has 0 heterocycles. The number of halogens is 1. The van der Waals surface area contributed by atoms with Gasteiger partial charge in [-0.2, -0.15) is 0 Å². The molecule has 1 aliphatic carbocycles. The topological polar surface area (TPSA) is 26.0 Å². The summed E-state index contributed by atoms with van der Waals surface area (Å²) in [5.74, 6) is 0.988. The van der Waals surface area contributed by atoms with E-state index in [0.717, 1.165) is 17.5 Å². The van der Waals surface area contributed by atoms with Gasteiger partial charge in [-0.1, -0.05) is 36.4 Å². The molecule has 2 aromatic carbocycles. The molecule has 1 saturated carbocycles. The van der Waals surface area contributed by atoms with Gasteiger partial charge in [0, 0.05) is 6.04 Å². The molecule has 2 heteroatoms. The zero-order valence-corrected chi connectivity index (χ0v) is 11.7. The zero-order chi connectivity index (χ0) is 14.1. The third-order valence-electron chi connectivity index (χ3n) is 4.38. The molecule has 3 rings (SSSR count). The molecule has 0 spiro atoms. The van der Waals surface area contributed by atoms with Gasteiger partial charge in [0.2, 0.25) is 0 Å². The van der Waals surface area contributed by atoms with Crippen LogP contribution >= 0.6 is 0 Å². The lowest BCUT2D eigenvalue weighted by atomic mass is 9.97. The van der Waals surface area contributed by atoms with E-state index in [0.29, 0.717) is 11.8 Å². The second-order valence-corrected chi connectivity index (χ2v) is 5.86. The summed E-state index contributed by atoms with van der Waals surface area (Å²) < 4.78 is 13.1. The van der Waals surface area contributed by atoms with Gasteiger partial charge in [-0.25, -0.2) is 4.39 Å². The number of rotatable bonds is 4. The first-order valence-corrected chi connectivity index (χ1v) is 7.20. The maximum absolute atomic E-state index is 13.1. The third kappa shape index (κ3) is 2.75. The normalized spacial score (nSPS) is 22.6. The van der Waals surface area contributed by atoms with Crippen LogP contribution < -0.4 is 5.73 Å². The average Bonchev–Trinajstić information content (AvgIpc) is 3.23. The highest BCUT2D eigenvalue weighted by Crippen LogP contribution is 2.49. The van der Waals surface area contributed by atoms with Crippen molar-refractivity contribution in [2.24, 2.45) is 11.7 Å². The van der Waals surface area contributed by atoms with Crippen LogP contribution in [0.25, 0.3) is 0 Å². The molecule has 0 saturated heterocycles. The van der Waals surface area contributed by atoms with Crippen LogP contribution in [0.5, 0.6) is 0 Å². The molecule has 0 bridgehead atoms. The second-order valence-electron chi connectivity index (χ2n) is 5.86. The van der Waals surface area contributed by atoms with Gasteiger partial charge in [0.25, 0.3) is 0 Å². The van der Waals surface area contributed by atoms with Crippen LogP contribution in [0.15, 0.2) is 48.5 Å². The first-order chi connectivity index (χ1) is 9.65. The first-order valence-electron chi connectivity index (χ1n) is 7.20. The SMILES string of the molecule is Cc1cc(F)ccc1CC(N)C1CC1c1ccccc1. The monoisotopic (exact) mass is 269 g/mol. The Kier molecular flexibility index (Phi) is 3.58. The minimum absolute atomic E-state index is 0.157. The molecule has 3 atom stereocenters. The molecule has 1 fully saturated rings. The van der Waals surface area contributed by atoms with E-state index in [4.69, 9.17) is 5.73 Å². The molecule has 1 nitrogen and oxygen atoms in total. The fourth-order valence-corrected chi connectivity index (χ4v) is 3.06. The lowest BCUT2D eigenvalue weighted by molar-refractivity contribution is 0.574. The van der Waals surface area contributed by atoms with Crippen molar-refractivity contribution in [1.82, 2.24) is 0 Å². The summed E-state index contributed by atoms with van der Waals surface area (Å²) in [6.07, 6.45) is 2.01. The van der Waals surface area contributed by atoms with Gasteiger partial charge in [-0.05, 0) is 60.4 Å². The molecule has 0 radical (unpaired) electrons. The molecule has 2 N–H and O–H groups in total. The van der Waals surface area contributed by atoms with E-state index in [9.17, 15) is 4.39 Å². The van der Waals surface area contributed by atoms with Crippen molar-refractivity contribution < 1.29 is 4.39 Å². The number of hydrogen-bond acceptors (Lipinski definition) is 1. The first kappa shape index (κ1) is 13.3. The fraction of sp³-hybridized carbons (Fsp3) is 0.333. The second kappa shape index (κ2) is 5.37. The molecule has 3 unspecified atom stereocenters. The van der Waals surface area contributed by atoms with Gasteiger partial charge in [-0.15, -0.1) is 0 Å². The third-order valence-corrected chi connectivity index (χ3v) is 4.38. The van der Waals surface area contributed by atoms with Crippen LogP contribution in [0.3, 0.4) is 0 Å². The highest BCUT2D eigenvalue weighted by molar-refractivity contribution is 5.30. The minimum atomic E-state index is -0.173. The van der Waals surface area contributed by atoms with Crippen molar-refractivity contribution in [2.75, 3.05) is 0 Å². The summed E-state index contributed by atoms with van der Waals surface area (Å²) >= 11 is 0. The van der Waals surface area contributed by atoms with Gasteiger partial charge in [0.1, 0.15) is 5.82 Å². The van der Waals surface area contributed by atoms with E-state index in [1.807, 2.05) is 19.1 Å². The van der Waals surface area contributed by atoms with E-state index in [2.05, 4.69) is 24.3 Å². The fourth-order valence-electron chi connectivity index (χ4n) is 3.06. The van der Waals surface area contributed by atoms with Crippen LogP contribution in [-0.2, 0) is 6.42 Å². The van der Waals surface area contributed by atoms with Crippen molar-refractivity contribution in [3.05, 3.63) is 71.0 Å². The van der Waals surface area contributed by atoms with Crippen molar-refractivity contribution in [2.45, 2.75) is 31.7 Å². The van der Waals surface area contributed by atoms with E-state index < -0.39 is 0 Å². The van der Waals surface area contributed by atoms with Crippen LogP contribution in [0, 0.1) is 18.7 Å². The lowest BCUT2D eigenvalue weighted by Gasteiger charge is -2.13. The van der Waals surface area contributed by atoms with E-state index in [1.165, 1.54) is 18.1 Å². The molecule has 0 aliphatic heterocycles. The van der Waals surface area contributed by atoms with Crippen molar-refractivity contribution >= 4 is 0 Å². The Morgan fingerprint density at radius 1 is 1.20 bits per heavy atom. The zero-order valence-electron chi connectivity index (χ0n) is 11.7. The molecule has 104 valence electrons. The predicted octanol–water partition coefficient (Wildman–Crippen LogP) is 3.81. The summed E-state index contributed by atoms with van der Waals surface area (Å²) in [6.45, 7) is 1.95. The number of benzene rings is 2. The maximum atomic E-state index is 13.1. The lowest BCUT2D eigenvalue weighted by Crippen LogP contribution is -2.26. The Bertz CT molecular complexity index is 594. The Morgan fingerprint density at radius 3 is 2.65 bits per heavy atom. The van der Waals surface area contributed by atoms with Crippen LogP contribution in [-0.4, -0.2) is 6.04 Å². The smallest absolute Gasteiger partial charge is 0.123 e. The minimum Gasteiger partial charge on any atom is -0.327 e. The van der Waals surface area contributed by atoms with Crippen LogP contribution in [0.1, 0.15) is 29.0 Å². The molecule has 0 amide bonds. The molecule has 0 aromatic heterocycles. The standard InChI is InChI=1S/C18H20FN/c1-12-9-15(19)8-7-14(12)10-18(20)17-11-16(17)13-5-3-2-4-6-13/h2-9,16-18H,10-11,20H2,1H3. The maximum Gasteiger partial charge on any atom is 0.123 e. The van der Waals surface area contributed by atoms with E-state index in [-0.39, 0.29) is 11.9 Å². The Labute approximate surface area is 119 Å². The Hall–Kier alpha value is -1.67. The molecule has 2 aromatic rings. The van der Waals surface area contributed by atoms with Crippen molar-refractivity contribution in [3.63, 3.8) is 0 Å². The molecule has 1 aliphatic rings. The summed E-state index contributed by atoms with van der Waals surface area (Å²) in [6, 6.07) is 15.7. The quantitative estimate of drug-likeness (QED) is 0.897. The molecule has 20 heavy (non-hydrogen) atoms. The molecular formula is C18H20FN. The number of hydrogen-bond donors (Lipinski definition) is 1. The summed E-state index contributed by atoms with van der Waals surface area (Å²) in [4.78, 5) is 0. The average molecular weight is 269 g/mol. The molecular weight excluding hydrogens is 249 g/mol. The Balaban J connectivity index is 1.65. The Morgan fingerprint density at radius 2 is 1.95 bits per heavy atom. The summed E-state index contributed by atoms with van der Waals surface area (Å²) in [5.41, 5.74) is 9.91.